The third kappa shape index (κ3) is 1.48. The number of benzene rings is 1. The fraction of sp³-hybridized carbons (Fsp3) is 0.538. The molecule has 2 N–H and O–H groups in total. The highest BCUT2D eigenvalue weighted by Crippen LogP contribution is 2.45. The number of fused-ring (bicyclic) bond motifs is 3. The molecule has 0 amide bonds. The van der Waals surface area contributed by atoms with Crippen LogP contribution in [0.5, 0.6) is 5.75 Å². The number of ether oxygens (including phenoxy) is 1. The molecular formula is C13H17NO. The first-order valence-corrected chi connectivity index (χ1v) is 5.91. The van der Waals surface area contributed by atoms with Crippen LogP contribution in [0, 0.1) is 0 Å². The van der Waals surface area contributed by atoms with Gasteiger partial charge < -0.3 is 10.5 Å². The minimum absolute atomic E-state index is 0.421. The Morgan fingerprint density at radius 2 is 2.00 bits per heavy atom. The van der Waals surface area contributed by atoms with Gasteiger partial charge in [-0.05, 0) is 37.5 Å². The molecule has 80 valence electrons. The van der Waals surface area contributed by atoms with Crippen molar-refractivity contribution in [2.24, 2.45) is 0 Å². The lowest BCUT2D eigenvalue weighted by molar-refractivity contribution is 0.196. The summed E-state index contributed by atoms with van der Waals surface area (Å²) in [4.78, 5) is 0. The first kappa shape index (κ1) is 9.08. The third-order valence-electron chi connectivity index (χ3n) is 3.66. The molecule has 1 aliphatic heterocycles. The van der Waals surface area contributed by atoms with Gasteiger partial charge in [0, 0.05) is 17.2 Å². The van der Waals surface area contributed by atoms with E-state index in [1.54, 1.807) is 0 Å². The summed E-state index contributed by atoms with van der Waals surface area (Å²) in [6.45, 7) is 0. The van der Waals surface area contributed by atoms with Crippen molar-refractivity contribution in [3.8, 4) is 5.75 Å². The number of hydrogen-bond acceptors (Lipinski definition) is 2. The second kappa shape index (κ2) is 3.44. The van der Waals surface area contributed by atoms with Crippen LogP contribution in [0.15, 0.2) is 18.2 Å². The molecule has 1 saturated carbocycles. The third-order valence-corrected chi connectivity index (χ3v) is 3.66. The van der Waals surface area contributed by atoms with Crippen LogP contribution in [0.2, 0.25) is 0 Å². The lowest BCUT2D eigenvalue weighted by Gasteiger charge is -2.14. The monoisotopic (exact) mass is 203 g/mol. The first-order chi connectivity index (χ1) is 7.34. The fourth-order valence-corrected chi connectivity index (χ4v) is 2.90. The van der Waals surface area contributed by atoms with E-state index >= 15 is 0 Å². The predicted molar refractivity (Wildman–Crippen MR) is 61.1 cm³/mol. The summed E-state index contributed by atoms with van der Waals surface area (Å²) < 4.78 is 5.99. The van der Waals surface area contributed by atoms with E-state index < -0.39 is 0 Å². The molecule has 1 fully saturated rings. The van der Waals surface area contributed by atoms with Gasteiger partial charge in [0.1, 0.15) is 11.9 Å². The Balaban J connectivity index is 1.98. The Labute approximate surface area is 90.4 Å². The van der Waals surface area contributed by atoms with E-state index in [2.05, 4.69) is 6.07 Å². The van der Waals surface area contributed by atoms with Crippen molar-refractivity contribution in [1.82, 2.24) is 0 Å². The van der Waals surface area contributed by atoms with E-state index in [0.717, 1.165) is 11.4 Å². The van der Waals surface area contributed by atoms with Crippen molar-refractivity contribution in [3.05, 3.63) is 23.8 Å². The van der Waals surface area contributed by atoms with Gasteiger partial charge in [-0.3, -0.25) is 0 Å². The summed E-state index contributed by atoms with van der Waals surface area (Å²) >= 11 is 0. The van der Waals surface area contributed by atoms with E-state index in [9.17, 15) is 0 Å². The molecule has 3 rings (SSSR count). The molecule has 1 aliphatic carbocycles. The minimum Gasteiger partial charge on any atom is -0.489 e. The Hall–Kier alpha value is -1.18. The maximum Gasteiger partial charge on any atom is 0.123 e. The van der Waals surface area contributed by atoms with Crippen LogP contribution in [0.4, 0.5) is 5.69 Å². The molecule has 1 aromatic rings. The van der Waals surface area contributed by atoms with Gasteiger partial charge in [-0.2, -0.15) is 0 Å². The average molecular weight is 203 g/mol. The molecule has 1 heterocycles. The van der Waals surface area contributed by atoms with Crippen LogP contribution in [0.25, 0.3) is 0 Å². The lowest BCUT2D eigenvalue weighted by Crippen LogP contribution is -2.16. The van der Waals surface area contributed by atoms with Crippen LogP contribution in [-0.4, -0.2) is 6.10 Å². The number of hydrogen-bond donors (Lipinski definition) is 1. The molecule has 0 aromatic heterocycles. The SMILES string of the molecule is Nc1ccc2c(c1)C1CCCCCC1O2. The van der Waals surface area contributed by atoms with E-state index in [-0.39, 0.29) is 0 Å². The zero-order valence-corrected chi connectivity index (χ0v) is 8.91. The topological polar surface area (TPSA) is 35.2 Å². The molecule has 0 saturated heterocycles. The van der Waals surface area contributed by atoms with Gasteiger partial charge in [0.05, 0.1) is 0 Å². The summed E-state index contributed by atoms with van der Waals surface area (Å²) in [6.07, 6.45) is 6.89. The number of nitrogen functional groups attached to an aromatic ring is 1. The summed E-state index contributed by atoms with van der Waals surface area (Å²) in [5, 5.41) is 0. The standard InChI is InChI=1S/C13H17NO/c14-9-6-7-13-11(8-9)10-4-2-1-3-5-12(10)15-13/h6-8,10,12H,1-5,14H2. The van der Waals surface area contributed by atoms with Crippen molar-refractivity contribution in [2.75, 3.05) is 5.73 Å². The van der Waals surface area contributed by atoms with E-state index in [0.29, 0.717) is 12.0 Å². The number of rotatable bonds is 0. The van der Waals surface area contributed by atoms with Crippen molar-refractivity contribution < 1.29 is 4.74 Å². The molecule has 2 heteroatoms. The number of nitrogens with two attached hydrogens (primary N) is 1. The Morgan fingerprint density at radius 1 is 1.13 bits per heavy atom. The van der Waals surface area contributed by atoms with E-state index in [1.165, 1.54) is 37.7 Å². The van der Waals surface area contributed by atoms with Gasteiger partial charge in [0.2, 0.25) is 0 Å². The highest BCUT2D eigenvalue weighted by molar-refractivity contribution is 5.51. The maximum absolute atomic E-state index is 5.99. The van der Waals surface area contributed by atoms with E-state index in [4.69, 9.17) is 10.5 Å². The maximum atomic E-state index is 5.99. The minimum atomic E-state index is 0.421. The van der Waals surface area contributed by atoms with E-state index in [1.807, 2.05) is 12.1 Å². The van der Waals surface area contributed by atoms with Crippen molar-refractivity contribution >= 4 is 5.69 Å². The molecule has 15 heavy (non-hydrogen) atoms. The summed E-state index contributed by atoms with van der Waals surface area (Å²) in [6, 6.07) is 6.06. The molecule has 2 unspecified atom stereocenters. The summed E-state index contributed by atoms with van der Waals surface area (Å²) in [7, 11) is 0. The molecule has 2 aliphatic rings. The molecule has 0 bridgehead atoms. The predicted octanol–water partition coefficient (Wildman–Crippen LogP) is 3.08. The van der Waals surface area contributed by atoms with Gasteiger partial charge in [-0.15, -0.1) is 0 Å². The molecule has 0 spiro atoms. The van der Waals surface area contributed by atoms with Gasteiger partial charge >= 0.3 is 0 Å². The van der Waals surface area contributed by atoms with Gasteiger partial charge in [-0.1, -0.05) is 12.8 Å². The van der Waals surface area contributed by atoms with Crippen LogP contribution >= 0.6 is 0 Å². The highest BCUT2D eigenvalue weighted by Gasteiger charge is 2.34. The quantitative estimate of drug-likeness (QED) is 0.658. The van der Waals surface area contributed by atoms with Crippen LogP contribution in [0.1, 0.15) is 43.6 Å². The van der Waals surface area contributed by atoms with Crippen molar-refractivity contribution in [2.45, 2.75) is 44.1 Å². The highest BCUT2D eigenvalue weighted by atomic mass is 16.5. The molecular weight excluding hydrogens is 186 g/mol. The largest absolute Gasteiger partial charge is 0.489 e. The van der Waals surface area contributed by atoms with Gasteiger partial charge in [0.25, 0.3) is 0 Å². The van der Waals surface area contributed by atoms with Crippen LogP contribution in [-0.2, 0) is 0 Å². The van der Waals surface area contributed by atoms with Crippen LogP contribution < -0.4 is 10.5 Å². The molecule has 0 radical (unpaired) electrons. The normalized spacial score (nSPS) is 28.8. The van der Waals surface area contributed by atoms with Crippen LogP contribution in [0.3, 0.4) is 0 Å². The zero-order valence-electron chi connectivity index (χ0n) is 8.91. The fourth-order valence-electron chi connectivity index (χ4n) is 2.90. The van der Waals surface area contributed by atoms with Crippen molar-refractivity contribution in [3.63, 3.8) is 0 Å². The van der Waals surface area contributed by atoms with Gasteiger partial charge in [-0.25, -0.2) is 0 Å². The average Bonchev–Trinajstić information content (AvgIpc) is 2.44. The summed E-state index contributed by atoms with van der Waals surface area (Å²) in [5.74, 6) is 1.67. The molecule has 2 nitrogen and oxygen atoms in total. The Bertz CT molecular complexity index is 375. The second-order valence-corrected chi connectivity index (χ2v) is 4.70. The summed E-state index contributed by atoms with van der Waals surface area (Å²) in [5.41, 5.74) is 8.05. The lowest BCUT2D eigenvalue weighted by atomic mass is 9.91. The zero-order chi connectivity index (χ0) is 10.3. The Morgan fingerprint density at radius 3 is 2.93 bits per heavy atom. The number of anilines is 1. The first-order valence-electron chi connectivity index (χ1n) is 5.91. The Kier molecular flexibility index (Phi) is 2.08. The molecule has 1 aromatic carbocycles. The smallest absolute Gasteiger partial charge is 0.123 e. The molecule has 2 atom stereocenters. The van der Waals surface area contributed by atoms with Crippen molar-refractivity contribution in [1.29, 1.82) is 0 Å². The second-order valence-electron chi connectivity index (χ2n) is 4.70. The van der Waals surface area contributed by atoms with Gasteiger partial charge in [0.15, 0.2) is 0 Å².